The van der Waals surface area contributed by atoms with Gasteiger partial charge in [0.2, 0.25) is 5.36 Å². The van der Waals surface area contributed by atoms with Gasteiger partial charge in [-0.3, -0.25) is 14.2 Å². The number of amides is 1. The minimum atomic E-state index is -5.76. The predicted octanol–water partition coefficient (Wildman–Crippen LogP) is 4.95. The van der Waals surface area contributed by atoms with E-state index >= 15 is 0 Å². The molecule has 0 spiro atoms. The summed E-state index contributed by atoms with van der Waals surface area (Å²) in [6, 6.07) is 9.49. The van der Waals surface area contributed by atoms with Gasteiger partial charge in [0.05, 0.1) is 28.7 Å². The van der Waals surface area contributed by atoms with Gasteiger partial charge in [0.25, 0.3) is 5.91 Å². The zero-order valence-electron chi connectivity index (χ0n) is 44.5. The first-order valence-corrected chi connectivity index (χ1v) is 33.3. The number of nitrogen functional groups attached to an aromatic ring is 1. The zero-order valence-corrected chi connectivity index (χ0v) is 48.8. The zero-order chi connectivity index (χ0) is 57.9. The quantitative estimate of drug-likeness (QED) is 0.0101. The number of aryl methyl sites for hydroxylation is 2. The van der Waals surface area contributed by atoms with E-state index in [0.717, 1.165) is 105 Å². The summed E-state index contributed by atoms with van der Waals surface area (Å²) < 4.78 is 70.0. The lowest BCUT2D eigenvalue weighted by atomic mass is 9.81. The van der Waals surface area contributed by atoms with E-state index in [9.17, 15) is 38.2 Å². The van der Waals surface area contributed by atoms with Crippen molar-refractivity contribution in [3.63, 3.8) is 0 Å². The Morgan fingerprint density at radius 3 is 2.46 bits per heavy atom. The summed E-state index contributed by atoms with van der Waals surface area (Å²) in [5.74, 6) is 11.9. The summed E-state index contributed by atoms with van der Waals surface area (Å²) in [5, 5.41) is 16.6. The van der Waals surface area contributed by atoms with E-state index in [1.807, 2.05) is 13.8 Å². The molecule has 6 aliphatic heterocycles. The van der Waals surface area contributed by atoms with E-state index < -0.39 is 65.1 Å². The number of hydrogen-bond donors (Lipinski definition) is 8. The second-order valence-corrected chi connectivity index (χ2v) is 28.5. The number of carboxylic acids is 1. The van der Waals surface area contributed by atoms with E-state index in [0.29, 0.717) is 22.2 Å². The molecule has 0 bridgehead atoms. The summed E-state index contributed by atoms with van der Waals surface area (Å²) in [6.07, 6.45) is 7.54. The number of phosphoric ester groups is 1. The molecule has 5 atom stereocenters. The molecule has 1 amide bonds. The number of hydrogen-bond acceptors (Lipinski definition) is 19. The predicted molar refractivity (Wildman–Crippen MR) is 302 cm³/mol. The van der Waals surface area contributed by atoms with Gasteiger partial charge in [-0.05, 0) is 87.8 Å². The van der Waals surface area contributed by atoms with Gasteiger partial charge in [0, 0.05) is 88.6 Å². The summed E-state index contributed by atoms with van der Waals surface area (Å²) in [6.45, 7) is 7.43. The van der Waals surface area contributed by atoms with E-state index in [-0.39, 0.29) is 42.5 Å². The van der Waals surface area contributed by atoms with Crippen LogP contribution in [0.5, 0.6) is 11.5 Å². The average Bonchev–Trinajstić information content (AvgIpc) is 1.11. The van der Waals surface area contributed by atoms with Gasteiger partial charge in [-0.2, -0.15) is 8.62 Å². The van der Waals surface area contributed by atoms with Gasteiger partial charge < -0.3 is 59.4 Å². The van der Waals surface area contributed by atoms with Crippen LogP contribution in [0.25, 0.3) is 16.6 Å². The van der Waals surface area contributed by atoms with Crippen molar-refractivity contribution < 1.29 is 80.2 Å². The number of carboxylic acid groups (broad SMARTS) is 1. The Morgan fingerprint density at radius 2 is 1.70 bits per heavy atom. The third kappa shape index (κ3) is 12.2. The third-order valence-corrected chi connectivity index (χ3v) is 21.9. The number of nitrogens with one attached hydrogen (secondary N) is 1. The number of rotatable bonds is 19. The van der Waals surface area contributed by atoms with Gasteiger partial charge in [-0.25, -0.2) is 38.9 Å². The summed E-state index contributed by atoms with van der Waals surface area (Å²) in [5.41, 5.74) is 15.7. The average molecular weight is 1230 g/mol. The lowest BCUT2D eigenvalue weighted by molar-refractivity contribution is -0.0599. The largest absolute Gasteiger partial charge is 0.490 e. The molecular formula is C52H60N8O17P3S2+. The van der Waals surface area contributed by atoms with Crippen molar-refractivity contribution in [3.05, 3.63) is 104 Å². The second kappa shape index (κ2) is 23.3. The molecule has 8 heterocycles. The summed E-state index contributed by atoms with van der Waals surface area (Å²) in [7, 11) is -13.9. The molecule has 25 nitrogen and oxygen atoms in total. The normalized spacial score (nSPS) is 20.6. The highest BCUT2D eigenvalue weighted by atomic mass is 33.1. The molecule has 0 saturated carbocycles. The first kappa shape index (κ1) is 58.6. The van der Waals surface area contributed by atoms with Crippen LogP contribution in [0.15, 0.2) is 42.9 Å². The van der Waals surface area contributed by atoms with Crippen molar-refractivity contribution in [2.45, 2.75) is 94.8 Å². The molecule has 5 aromatic rings. The van der Waals surface area contributed by atoms with Crippen molar-refractivity contribution in [2.24, 2.45) is 5.90 Å². The highest BCUT2D eigenvalue weighted by molar-refractivity contribution is 8.77. The van der Waals surface area contributed by atoms with E-state index in [2.05, 4.69) is 57.4 Å². The fourth-order valence-corrected chi connectivity index (χ4v) is 17.0. The van der Waals surface area contributed by atoms with E-state index in [1.165, 1.54) is 67.3 Å². The molecule has 0 radical (unpaired) electrons. The number of aromatic carboxylic acids is 1. The minimum Gasteiger partial charge on any atom is -0.478 e. The molecule has 11 rings (SSSR count). The van der Waals surface area contributed by atoms with Crippen molar-refractivity contribution in [2.75, 3.05) is 62.5 Å². The first-order chi connectivity index (χ1) is 39.1. The van der Waals surface area contributed by atoms with Crippen LogP contribution in [0.4, 0.5) is 11.5 Å². The maximum absolute atomic E-state index is 13.9. The monoisotopic (exact) mass is 1230 g/mol. The smallest absolute Gasteiger partial charge is 0.478 e. The molecule has 2 aromatic heterocycles. The van der Waals surface area contributed by atoms with Crippen LogP contribution in [-0.2, 0) is 66.8 Å². The number of ether oxygens (including phenoxy) is 3. The van der Waals surface area contributed by atoms with Crippen LogP contribution in [0.1, 0.15) is 112 Å². The Labute approximate surface area is 477 Å². The van der Waals surface area contributed by atoms with E-state index in [1.54, 1.807) is 22.9 Å². The fourth-order valence-electron chi connectivity index (χ4n) is 11.8. The Kier molecular flexibility index (Phi) is 16.7. The van der Waals surface area contributed by atoms with Crippen LogP contribution in [0, 0.1) is 11.8 Å². The van der Waals surface area contributed by atoms with Crippen molar-refractivity contribution >= 4 is 85.0 Å². The first-order valence-electron chi connectivity index (χ1n) is 26.4. The third-order valence-electron chi connectivity index (χ3n) is 15.1. The number of benzene rings is 3. The summed E-state index contributed by atoms with van der Waals surface area (Å²) in [4.78, 5) is 80.4. The number of fused-ring (bicyclic) bond motifs is 5. The van der Waals surface area contributed by atoms with Gasteiger partial charge in [-0.1, -0.05) is 39.5 Å². The lowest BCUT2D eigenvalue weighted by Crippen LogP contribution is -2.45. The highest BCUT2D eigenvalue weighted by Crippen LogP contribution is 2.66. The van der Waals surface area contributed by atoms with Gasteiger partial charge in [0.1, 0.15) is 73.4 Å². The number of aromatic nitrogens is 3. The number of carbonyl (C=O) groups excluding carboxylic acids is 1. The molecule has 82 heavy (non-hydrogen) atoms. The number of nitrogens with zero attached hydrogens (tertiary/aromatic N) is 5. The molecule has 436 valence electrons. The molecule has 2 unspecified atom stereocenters. The number of carbonyl (C=O) groups is 2. The molecule has 6 aliphatic rings. The molecular weight excluding hydrogens is 1170 g/mol. The topological polar surface area (TPSA) is 352 Å². The summed E-state index contributed by atoms with van der Waals surface area (Å²) >= 11 is 0. The molecule has 10 N–H and O–H groups in total. The second-order valence-electron chi connectivity index (χ2n) is 21.2. The van der Waals surface area contributed by atoms with Crippen LogP contribution >= 0.6 is 45.1 Å². The SMILES string of the molecule is CC(C)(CNC(=O)c1ccc(C2=c3cc4c5c(c3Oc3c2cc2c6c3CCCN6CCC2)CCC[N+]=5CCC4)c(C(=O)O)c1)SSCOCC#Cc1cn([C@H]2C[C@@H](ON)[C@@H](COP(=O)(O)OP(=O)(O)OP(=O)(O)O)O2)c2ncnc(N)c12. The molecule has 1 fully saturated rings. The van der Waals surface area contributed by atoms with Crippen molar-refractivity contribution in [3.8, 4) is 23.3 Å². The molecule has 0 aliphatic carbocycles. The van der Waals surface area contributed by atoms with E-state index in [4.69, 9.17) is 45.0 Å². The molecule has 1 saturated heterocycles. The lowest BCUT2D eigenvalue weighted by Gasteiger charge is -2.39. The van der Waals surface area contributed by atoms with Crippen LogP contribution in [0.3, 0.4) is 0 Å². The fraction of sp³-hybridized carbons (Fsp3) is 0.442. The molecule has 30 heteroatoms. The van der Waals surface area contributed by atoms with Gasteiger partial charge in [-0.15, -0.1) is 0 Å². The van der Waals surface area contributed by atoms with Gasteiger partial charge in [0.15, 0.2) is 0 Å². The Balaban J connectivity index is 0.736. The van der Waals surface area contributed by atoms with Crippen molar-refractivity contribution in [1.29, 1.82) is 0 Å². The Morgan fingerprint density at radius 1 is 0.939 bits per heavy atom. The van der Waals surface area contributed by atoms with Crippen LogP contribution in [0.2, 0.25) is 0 Å². The Bertz CT molecular complexity index is 3790. The number of phosphoric acid groups is 3. The minimum absolute atomic E-state index is 0.00581. The van der Waals surface area contributed by atoms with Crippen molar-refractivity contribution in [1.82, 2.24) is 24.4 Å². The molecule has 3 aromatic carbocycles. The maximum atomic E-state index is 13.9. The highest BCUT2D eigenvalue weighted by Gasteiger charge is 2.44. The van der Waals surface area contributed by atoms with Gasteiger partial charge >= 0.3 is 29.4 Å². The van der Waals surface area contributed by atoms with Crippen LogP contribution < -0.4 is 41.7 Å². The standard InChI is InChI=1S/C52H59N8O17P3S2/c1-52(2,82-81-28-71-19-7-10-32-24-60(49-42(32)48(53)56-27-57-49)41-23-39(75-54)40(73-41)25-72-79(67,68)77-80(69,70)76-78(64,65)66)26-55-50(61)31-13-14-33(36(22-31)51(62)63)43-37-20-29-8-3-15-58-17-5-11-34(44(29)58)46(37)74-47-35-12-6-18-59-16-4-9-30(45(35)59)21-38(43)47/h13-14,20-22,24,27,39-41H,3-6,8-9,11-12,15-19,23,25-26,28,54H2,1-2H3,(H7-,53,55,56,57,61,62,63,64,65,66,67,68,69,70)/p+1/t39-,40-,41-/m1/s1. The maximum Gasteiger partial charge on any atom is 0.490 e. The number of anilines is 2. The Hall–Kier alpha value is -5.20. The van der Waals surface area contributed by atoms with Crippen LogP contribution in [-0.4, -0.2) is 120 Å². The number of nitrogens with two attached hydrogens (primary N) is 2.